The molecule has 0 aliphatic carbocycles. The van der Waals surface area contributed by atoms with Gasteiger partial charge < -0.3 is 15.3 Å². The minimum Gasteiger partial charge on any atom is -0.394 e. The van der Waals surface area contributed by atoms with Crippen molar-refractivity contribution in [2.75, 3.05) is 24.6 Å². The Morgan fingerprint density at radius 2 is 2.30 bits per heavy atom. The molecule has 0 bridgehead atoms. The molecule has 0 spiro atoms. The number of aliphatic hydroxyl groups is 1. The predicted molar refractivity (Wildman–Crippen MR) is 82.9 cm³/mol. The van der Waals surface area contributed by atoms with Crippen LogP contribution in [0, 0.1) is 0 Å². The molecule has 0 amide bonds. The minimum absolute atomic E-state index is 0.220. The molecule has 4 nitrogen and oxygen atoms in total. The van der Waals surface area contributed by atoms with Crippen LogP contribution < -0.4 is 10.2 Å². The maximum absolute atomic E-state index is 9.67. The number of nitrogens with zero attached hydrogens (tertiary/aromatic N) is 2. The third-order valence-electron chi connectivity index (χ3n) is 3.97. The van der Waals surface area contributed by atoms with Gasteiger partial charge in [0.05, 0.1) is 12.6 Å². The van der Waals surface area contributed by atoms with Crippen LogP contribution in [-0.2, 0) is 6.54 Å². The zero-order valence-corrected chi connectivity index (χ0v) is 12.5. The third kappa shape index (κ3) is 3.93. The Morgan fingerprint density at radius 3 is 3.10 bits per heavy atom. The van der Waals surface area contributed by atoms with E-state index in [9.17, 15) is 5.11 Å². The average Bonchev–Trinajstić information content (AvgIpc) is 2.73. The molecule has 1 atom stereocenters. The van der Waals surface area contributed by atoms with Crippen molar-refractivity contribution in [1.29, 1.82) is 0 Å². The zero-order chi connectivity index (χ0) is 14.2. The van der Waals surface area contributed by atoms with E-state index < -0.39 is 0 Å². The van der Waals surface area contributed by atoms with Gasteiger partial charge in [-0.3, -0.25) is 0 Å². The zero-order valence-electron chi connectivity index (χ0n) is 12.5. The number of anilines is 1. The molecular weight excluding hydrogens is 250 g/mol. The first-order chi connectivity index (χ1) is 9.86. The summed E-state index contributed by atoms with van der Waals surface area (Å²) in [5, 5.41) is 13.1. The van der Waals surface area contributed by atoms with Crippen molar-refractivity contribution >= 4 is 5.82 Å². The summed E-state index contributed by atoms with van der Waals surface area (Å²) in [7, 11) is 0. The van der Waals surface area contributed by atoms with Gasteiger partial charge in [-0.15, -0.1) is 0 Å². The first-order valence-corrected chi connectivity index (χ1v) is 7.89. The molecular formula is C16H27N3O. The highest BCUT2D eigenvalue weighted by atomic mass is 16.3. The number of aromatic nitrogens is 1. The number of rotatable bonds is 6. The van der Waals surface area contributed by atoms with Crippen LogP contribution in [0.15, 0.2) is 18.3 Å². The Hall–Kier alpha value is -1.13. The van der Waals surface area contributed by atoms with Gasteiger partial charge in [0.1, 0.15) is 5.82 Å². The molecule has 2 N–H and O–H groups in total. The van der Waals surface area contributed by atoms with Crippen molar-refractivity contribution < 1.29 is 5.11 Å². The molecule has 1 unspecified atom stereocenters. The Bertz CT molecular complexity index is 397. The molecule has 20 heavy (non-hydrogen) atoms. The Labute approximate surface area is 122 Å². The molecule has 112 valence electrons. The summed E-state index contributed by atoms with van der Waals surface area (Å²) in [4.78, 5) is 6.91. The van der Waals surface area contributed by atoms with Crippen LogP contribution in [-0.4, -0.2) is 35.8 Å². The highest BCUT2D eigenvalue weighted by Crippen LogP contribution is 2.25. The van der Waals surface area contributed by atoms with Gasteiger partial charge in [-0.25, -0.2) is 4.98 Å². The summed E-state index contributed by atoms with van der Waals surface area (Å²) in [6, 6.07) is 4.36. The number of pyridine rings is 1. The second kappa shape index (κ2) is 8.22. The quantitative estimate of drug-likeness (QED) is 0.784. The van der Waals surface area contributed by atoms with Gasteiger partial charge in [0, 0.05) is 24.8 Å². The molecule has 1 fully saturated rings. The molecule has 1 aromatic heterocycles. The van der Waals surface area contributed by atoms with Gasteiger partial charge in [-0.2, -0.15) is 0 Å². The van der Waals surface area contributed by atoms with Crippen molar-refractivity contribution in [3.05, 3.63) is 23.9 Å². The van der Waals surface area contributed by atoms with E-state index in [2.05, 4.69) is 28.2 Å². The maximum atomic E-state index is 9.67. The fraction of sp³-hybridized carbons (Fsp3) is 0.688. The molecule has 1 aromatic rings. The van der Waals surface area contributed by atoms with Crippen LogP contribution in [0.4, 0.5) is 5.82 Å². The highest BCUT2D eigenvalue weighted by Gasteiger charge is 2.23. The van der Waals surface area contributed by atoms with E-state index in [1.165, 1.54) is 24.8 Å². The molecule has 0 saturated carbocycles. The number of aliphatic hydroxyl groups excluding tert-OH is 1. The summed E-state index contributed by atoms with van der Waals surface area (Å²) in [6.45, 7) is 5.28. The molecule has 0 aromatic carbocycles. The molecule has 1 aliphatic heterocycles. The fourth-order valence-electron chi connectivity index (χ4n) is 2.87. The smallest absolute Gasteiger partial charge is 0.133 e. The van der Waals surface area contributed by atoms with Gasteiger partial charge in [-0.05, 0) is 31.9 Å². The van der Waals surface area contributed by atoms with E-state index in [0.717, 1.165) is 38.3 Å². The number of hydrogen-bond donors (Lipinski definition) is 2. The summed E-state index contributed by atoms with van der Waals surface area (Å²) < 4.78 is 0. The monoisotopic (exact) mass is 277 g/mol. The Balaban J connectivity index is 2.16. The van der Waals surface area contributed by atoms with Crippen LogP contribution in [0.2, 0.25) is 0 Å². The van der Waals surface area contributed by atoms with Gasteiger partial charge in [0.15, 0.2) is 0 Å². The maximum Gasteiger partial charge on any atom is 0.133 e. The lowest BCUT2D eigenvalue weighted by molar-refractivity contribution is 0.254. The largest absolute Gasteiger partial charge is 0.394 e. The normalized spacial score (nSPS) is 19.9. The van der Waals surface area contributed by atoms with E-state index >= 15 is 0 Å². The van der Waals surface area contributed by atoms with E-state index in [4.69, 9.17) is 0 Å². The second-order valence-corrected chi connectivity index (χ2v) is 5.54. The van der Waals surface area contributed by atoms with Crippen LogP contribution in [0.3, 0.4) is 0 Å². The molecule has 0 radical (unpaired) electrons. The summed E-state index contributed by atoms with van der Waals surface area (Å²) >= 11 is 0. The fourth-order valence-corrected chi connectivity index (χ4v) is 2.87. The standard InChI is InChI=1S/C16H27N3O/c1-2-9-17-12-14-7-6-10-18-16(14)19-11-5-3-4-8-15(19)13-20/h6-7,10,15,17,20H,2-5,8-9,11-13H2,1H3. The lowest BCUT2D eigenvalue weighted by Crippen LogP contribution is -2.39. The lowest BCUT2D eigenvalue weighted by Gasteiger charge is -2.31. The SMILES string of the molecule is CCCNCc1cccnc1N1CCCCCC1CO. The minimum atomic E-state index is 0.220. The van der Waals surface area contributed by atoms with Crippen molar-refractivity contribution in [2.45, 2.75) is 51.6 Å². The molecule has 2 rings (SSSR count). The Kier molecular flexibility index (Phi) is 6.27. The number of nitrogens with one attached hydrogen (secondary N) is 1. The second-order valence-electron chi connectivity index (χ2n) is 5.54. The van der Waals surface area contributed by atoms with Crippen LogP contribution in [0.25, 0.3) is 0 Å². The van der Waals surface area contributed by atoms with E-state index in [-0.39, 0.29) is 12.6 Å². The summed E-state index contributed by atoms with van der Waals surface area (Å²) in [5.41, 5.74) is 1.24. The molecule has 1 saturated heterocycles. The molecule has 1 aliphatic rings. The topological polar surface area (TPSA) is 48.4 Å². The highest BCUT2D eigenvalue weighted by molar-refractivity contribution is 5.48. The average molecular weight is 277 g/mol. The first-order valence-electron chi connectivity index (χ1n) is 7.89. The van der Waals surface area contributed by atoms with Crippen molar-refractivity contribution in [3.8, 4) is 0 Å². The number of hydrogen-bond acceptors (Lipinski definition) is 4. The third-order valence-corrected chi connectivity index (χ3v) is 3.97. The van der Waals surface area contributed by atoms with Crippen LogP contribution >= 0.6 is 0 Å². The van der Waals surface area contributed by atoms with Crippen molar-refractivity contribution in [3.63, 3.8) is 0 Å². The van der Waals surface area contributed by atoms with Crippen LogP contribution in [0.5, 0.6) is 0 Å². The van der Waals surface area contributed by atoms with Crippen molar-refractivity contribution in [2.24, 2.45) is 0 Å². The van der Waals surface area contributed by atoms with Crippen LogP contribution in [0.1, 0.15) is 44.6 Å². The predicted octanol–water partition coefficient (Wildman–Crippen LogP) is 2.32. The first kappa shape index (κ1) is 15.3. The van der Waals surface area contributed by atoms with E-state index in [1.54, 1.807) is 0 Å². The van der Waals surface area contributed by atoms with E-state index in [1.807, 2.05) is 12.3 Å². The van der Waals surface area contributed by atoms with Gasteiger partial charge in [-0.1, -0.05) is 25.8 Å². The van der Waals surface area contributed by atoms with Gasteiger partial charge >= 0.3 is 0 Å². The molecule has 2 heterocycles. The Morgan fingerprint density at radius 1 is 1.40 bits per heavy atom. The van der Waals surface area contributed by atoms with Gasteiger partial charge in [0.25, 0.3) is 0 Å². The molecule has 4 heteroatoms. The summed E-state index contributed by atoms with van der Waals surface area (Å²) in [6.07, 6.45) is 7.71. The van der Waals surface area contributed by atoms with Crippen molar-refractivity contribution in [1.82, 2.24) is 10.3 Å². The van der Waals surface area contributed by atoms with Gasteiger partial charge in [0.2, 0.25) is 0 Å². The lowest BCUT2D eigenvalue weighted by atomic mass is 10.1. The summed E-state index contributed by atoms with van der Waals surface area (Å²) in [5.74, 6) is 1.05. The van der Waals surface area contributed by atoms with E-state index in [0.29, 0.717) is 0 Å².